The van der Waals surface area contributed by atoms with Crippen LogP contribution in [-0.4, -0.2) is 9.97 Å². The average molecular weight is 379 g/mol. The quantitative estimate of drug-likeness (QED) is 0.689. The van der Waals surface area contributed by atoms with E-state index in [2.05, 4.69) is 71.4 Å². The first-order chi connectivity index (χ1) is 9.22. The van der Waals surface area contributed by atoms with E-state index in [0.29, 0.717) is 0 Å². The van der Waals surface area contributed by atoms with Crippen molar-refractivity contribution in [2.75, 3.05) is 5.32 Å². The van der Waals surface area contributed by atoms with Crippen molar-refractivity contribution < 1.29 is 0 Å². The minimum absolute atomic E-state index is 0.756. The third kappa shape index (κ3) is 2.77. The van der Waals surface area contributed by atoms with Gasteiger partial charge in [-0.05, 0) is 51.0 Å². The maximum atomic E-state index is 4.19. The van der Waals surface area contributed by atoms with Crippen LogP contribution in [0, 0.1) is 0 Å². The van der Waals surface area contributed by atoms with Crippen LogP contribution in [0.25, 0.3) is 10.8 Å². The molecule has 0 aliphatic rings. The maximum absolute atomic E-state index is 4.19. The molecule has 0 saturated carbocycles. The summed E-state index contributed by atoms with van der Waals surface area (Å²) >= 11 is 6.89. The minimum Gasteiger partial charge on any atom is -0.339 e. The van der Waals surface area contributed by atoms with Crippen molar-refractivity contribution in [3.63, 3.8) is 0 Å². The second kappa shape index (κ2) is 5.27. The van der Waals surface area contributed by atoms with Crippen molar-refractivity contribution in [3.05, 3.63) is 57.9 Å². The molecule has 1 N–H and O–H groups in total. The largest absolute Gasteiger partial charge is 0.339 e. The fourth-order valence-corrected chi connectivity index (χ4v) is 2.53. The number of halogens is 2. The van der Waals surface area contributed by atoms with Crippen molar-refractivity contribution in [1.29, 1.82) is 0 Å². The van der Waals surface area contributed by atoms with Crippen LogP contribution in [0.1, 0.15) is 0 Å². The summed E-state index contributed by atoms with van der Waals surface area (Å²) in [6.07, 6.45) is 3.23. The Balaban J connectivity index is 1.98. The van der Waals surface area contributed by atoms with Crippen LogP contribution in [0.5, 0.6) is 0 Å². The highest BCUT2D eigenvalue weighted by Crippen LogP contribution is 2.26. The van der Waals surface area contributed by atoms with Gasteiger partial charge in [-0.25, -0.2) is 9.97 Å². The van der Waals surface area contributed by atoms with Crippen molar-refractivity contribution in [1.82, 2.24) is 9.97 Å². The van der Waals surface area contributed by atoms with Gasteiger partial charge in [0.2, 0.25) is 0 Å². The zero-order valence-electron chi connectivity index (χ0n) is 9.77. The highest BCUT2D eigenvalue weighted by molar-refractivity contribution is 9.10. The van der Waals surface area contributed by atoms with Crippen molar-refractivity contribution in [2.24, 2.45) is 0 Å². The molecule has 0 bridgehead atoms. The Bertz CT molecular complexity index is 744. The predicted molar refractivity (Wildman–Crippen MR) is 84.7 cm³/mol. The number of hydrogen-bond donors (Lipinski definition) is 1. The molecule has 0 aliphatic carbocycles. The Kier molecular flexibility index (Phi) is 3.48. The average Bonchev–Trinajstić information content (AvgIpc) is 2.41. The first-order valence-corrected chi connectivity index (χ1v) is 7.23. The lowest BCUT2D eigenvalue weighted by Gasteiger charge is -2.08. The van der Waals surface area contributed by atoms with Crippen LogP contribution >= 0.6 is 31.9 Å². The van der Waals surface area contributed by atoms with Gasteiger partial charge in [-0.2, -0.15) is 0 Å². The molecule has 0 atom stereocenters. The molecule has 3 nitrogen and oxygen atoms in total. The number of anilines is 2. The molecule has 0 radical (unpaired) electrons. The lowest BCUT2D eigenvalue weighted by molar-refractivity contribution is 1.15. The molecule has 5 heteroatoms. The standard InChI is InChI=1S/C14H9Br2N3/c15-11-3-1-10-6-12(4-2-9(10)5-11)19-14-13(16)7-17-8-18-14/h1-8H,(H,17,18,19). The molecule has 0 unspecified atom stereocenters. The number of rotatable bonds is 2. The molecule has 1 heterocycles. The first kappa shape index (κ1) is 12.6. The molecule has 0 amide bonds. The Morgan fingerprint density at radius 2 is 1.74 bits per heavy atom. The molecule has 2 aromatic carbocycles. The van der Waals surface area contributed by atoms with Crippen molar-refractivity contribution in [2.45, 2.75) is 0 Å². The summed E-state index contributed by atoms with van der Waals surface area (Å²) in [5.74, 6) is 0.756. The number of fused-ring (bicyclic) bond motifs is 1. The maximum Gasteiger partial charge on any atom is 0.148 e. The van der Waals surface area contributed by atoms with Crippen molar-refractivity contribution >= 4 is 54.1 Å². The summed E-state index contributed by atoms with van der Waals surface area (Å²) in [5.41, 5.74) is 0.995. The van der Waals surface area contributed by atoms with E-state index < -0.39 is 0 Å². The van der Waals surface area contributed by atoms with Gasteiger partial charge in [0.05, 0.1) is 4.47 Å². The number of hydrogen-bond acceptors (Lipinski definition) is 3. The molecular formula is C14H9Br2N3. The third-order valence-corrected chi connectivity index (χ3v) is 3.81. The molecule has 0 spiro atoms. The van der Waals surface area contributed by atoms with Crippen LogP contribution in [0.3, 0.4) is 0 Å². The topological polar surface area (TPSA) is 37.8 Å². The van der Waals surface area contributed by atoms with E-state index in [9.17, 15) is 0 Å². The lowest BCUT2D eigenvalue weighted by atomic mass is 10.1. The van der Waals surface area contributed by atoms with Gasteiger partial charge < -0.3 is 5.32 Å². The van der Waals surface area contributed by atoms with Gasteiger partial charge in [0.15, 0.2) is 0 Å². The van der Waals surface area contributed by atoms with Crippen LogP contribution in [0.4, 0.5) is 11.5 Å². The van der Waals surface area contributed by atoms with Gasteiger partial charge in [0.25, 0.3) is 0 Å². The zero-order chi connectivity index (χ0) is 13.2. The molecule has 1 aromatic heterocycles. The second-order valence-electron chi connectivity index (χ2n) is 4.05. The molecule has 0 fully saturated rings. The normalized spacial score (nSPS) is 10.6. The Morgan fingerprint density at radius 1 is 0.947 bits per heavy atom. The molecule has 3 aromatic rings. The van der Waals surface area contributed by atoms with Crippen LogP contribution < -0.4 is 5.32 Å². The number of aromatic nitrogens is 2. The zero-order valence-corrected chi connectivity index (χ0v) is 12.9. The fourth-order valence-electron chi connectivity index (χ4n) is 1.84. The van der Waals surface area contributed by atoms with E-state index in [1.807, 2.05) is 12.1 Å². The monoisotopic (exact) mass is 377 g/mol. The van der Waals surface area contributed by atoms with Gasteiger partial charge in [-0.15, -0.1) is 0 Å². The minimum atomic E-state index is 0.756. The van der Waals surface area contributed by atoms with E-state index in [-0.39, 0.29) is 0 Å². The molecule has 0 aliphatic heterocycles. The second-order valence-corrected chi connectivity index (χ2v) is 5.82. The van der Waals surface area contributed by atoms with Gasteiger partial charge in [-0.1, -0.05) is 28.1 Å². The Hall–Kier alpha value is -1.46. The van der Waals surface area contributed by atoms with Crippen LogP contribution in [-0.2, 0) is 0 Å². The summed E-state index contributed by atoms with van der Waals surface area (Å²) in [7, 11) is 0. The number of nitrogens with one attached hydrogen (secondary N) is 1. The van der Waals surface area contributed by atoms with E-state index in [4.69, 9.17) is 0 Å². The van der Waals surface area contributed by atoms with Crippen molar-refractivity contribution in [3.8, 4) is 0 Å². The summed E-state index contributed by atoms with van der Waals surface area (Å²) in [6, 6.07) is 12.4. The molecule has 3 rings (SSSR count). The summed E-state index contributed by atoms with van der Waals surface area (Å²) < 4.78 is 1.92. The highest BCUT2D eigenvalue weighted by atomic mass is 79.9. The van der Waals surface area contributed by atoms with E-state index in [0.717, 1.165) is 20.5 Å². The summed E-state index contributed by atoms with van der Waals surface area (Å²) in [4.78, 5) is 8.13. The van der Waals surface area contributed by atoms with Gasteiger partial charge >= 0.3 is 0 Å². The fraction of sp³-hybridized carbons (Fsp3) is 0. The lowest BCUT2D eigenvalue weighted by Crippen LogP contribution is -1.95. The van der Waals surface area contributed by atoms with E-state index in [1.54, 1.807) is 6.20 Å². The van der Waals surface area contributed by atoms with E-state index >= 15 is 0 Å². The summed E-state index contributed by atoms with van der Waals surface area (Å²) in [5, 5.41) is 5.64. The smallest absolute Gasteiger partial charge is 0.148 e. The van der Waals surface area contributed by atoms with Crippen LogP contribution in [0.2, 0.25) is 0 Å². The molecule has 19 heavy (non-hydrogen) atoms. The van der Waals surface area contributed by atoms with Gasteiger partial charge in [0, 0.05) is 16.4 Å². The molecule has 94 valence electrons. The first-order valence-electron chi connectivity index (χ1n) is 5.64. The molecule has 0 saturated heterocycles. The van der Waals surface area contributed by atoms with E-state index in [1.165, 1.54) is 17.1 Å². The Labute approximate surface area is 127 Å². The predicted octanol–water partition coefficient (Wildman–Crippen LogP) is 4.90. The highest BCUT2D eigenvalue weighted by Gasteiger charge is 2.02. The summed E-state index contributed by atoms with van der Waals surface area (Å²) in [6.45, 7) is 0. The SMILES string of the molecule is Brc1ccc2cc(Nc3ncncc3Br)ccc2c1. The van der Waals surface area contributed by atoms with Gasteiger partial charge in [0.1, 0.15) is 12.1 Å². The van der Waals surface area contributed by atoms with Gasteiger partial charge in [-0.3, -0.25) is 0 Å². The molecular weight excluding hydrogens is 370 g/mol. The number of benzene rings is 2. The number of nitrogens with zero attached hydrogens (tertiary/aromatic N) is 2. The third-order valence-electron chi connectivity index (χ3n) is 2.73. The Morgan fingerprint density at radius 3 is 2.58 bits per heavy atom. The van der Waals surface area contributed by atoms with Crippen LogP contribution in [0.15, 0.2) is 57.9 Å².